The van der Waals surface area contributed by atoms with Gasteiger partial charge in [0.25, 0.3) is 0 Å². The summed E-state index contributed by atoms with van der Waals surface area (Å²) in [5.74, 6) is -2.34. The molecule has 9 nitrogen and oxygen atoms in total. The number of carbonyl (C=O) groups is 2. The Kier molecular flexibility index (Phi) is 5.82. The summed E-state index contributed by atoms with van der Waals surface area (Å²) in [6.45, 7) is 0.457. The van der Waals surface area contributed by atoms with E-state index in [4.69, 9.17) is 22.3 Å². The van der Waals surface area contributed by atoms with Crippen LogP contribution >= 0.6 is 0 Å². The van der Waals surface area contributed by atoms with Crippen LogP contribution in [0.1, 0.15) is 25.0 Å². The number of carboxylic acid groups (broad SMARTS) is 2. The maximum Gasteiger partial charge on any atom is 0.344 e. The fourth-order valence-corrected chi connectivity index (χ4v) is 1.89. The zero-order valence-corrected chi connectivity index (χ0v) is 11.6. The maximum atomic E-state index is 11.4. The third-order valence-corrected chi connectivity index (χ3v) is 3.23. The second kappa shape index (κ2) is 7.16. The van der Waals surface area contributed by atoms with Gasteiger partial charge in [-0.2, -0.15) is 0 Å². The molecule has 0 bridgehead atoms. The van der Waals surface area contributed by atoms with Gasteiger partial charge in [-0.05, 0) is 25.8 Å². The standard InChI is InChI=1S/C12H21N5O4/c13-4-2-1-3-12(15,11(20)21)17-6-8(16-7-17)5-9(14)10(18)19/h6-7,9H,1-5,13-15H2,(H,18,19)(H,20,21)/t9-,12+/m0/s1. The molecule has 0 fully saturated rings. The Bertz CT molecular complexity index is 504. The van der Waals surface area contributed by atoms with Crippen molar-refractivity contribution >= 4 is 11.9 Å². The van der Waals surface area contributed by atoms with E-state index in [1.807, 2.05) is 0 Å². The van der Waals surface area contributed by atoms with E-state index in [1.54, 1.807) is 0 Å². The molecule has 2 atom stereocenters. The van der Waals surface area contributed by atoms with Crippen LogP contribution in [0.15, 0.2) is 12.5 Å². The van der Waals surface area contributed by atoms with Crippen molar-refractivity contribution in [1.82, 2.24) is 9.55 Å². The Morgan fingerprint density at radius 3 is 2.57 bits per heavy atom. The van der Waals surface area contributed by atoms with Gasteiger partial charge in [0.2, 0.25) is 0 Å². The van der Waals surface area contributed by atoms with E-state index >= 15 is 0 Å². The van der Waals surface area contributed by atoms with Crippen LogP contribution in [0, 0.1) is 0 Å². The Balaban J connectivity index is 2.87. The fraction of sp³-hybridized carbons (Fsp3) is 0.583. The number of aliphatic carboxylic acids is 2. The van der Waals surface area contributed by atoms with Crippen LogP contribution < -0.4 is 17.2 Å². The van der Waals surface area contributed by atoms with Gasteiger partial charge in [0.15, 0.2) is 5.66 Å². The largest absolute Gasteiger partial charge is 0.480 e. The number of imidazole rings is 1. The predicted molar refractivity (Wildman–Crippen MR) is 74.2 cm³/mol. The third kappa shape index (κ3) is 4.25. The monoisotopic (exact) mass is 299 g/mol. The molecule has 1 rings (SSSR count). The van der Waals surface area contributed by atoms with Gasteiger partial charge in [0.05, 0.1) is 12.0 Å². The molecule has 9 heteroatoms. The molecule has 0 saturated carbocycles. The van der Waals surface area contributed by atoms with Crippen LogP contribution in [0.4, 0.5) is 0 Å². The van der Waals surface area contributed by atoms with Gasteiger partial charge in [-0.3, -0.25) is 10.5 Å². The van der Waals surface area contributed by atoms with E-state index in [0.29, 0.717) is 25.1 Å². The smallest absolute Gasteiger partial charge is 0.344 e. The lowest BCUT2D eigenvalue weighted by Crippen LogP contribution is -2.49. The first-order valence-corrected chi connectivity index (χ1v) is 6.55. The van der Waals surface area contributed by atoms with Gasteiger partial charge in [-0.15, -0.1) is 0 Å². The van der Waals surface area contributed by atoms with Crippen molar-refractivity contribution in [2.75, 3.05) is 6.54 Å². The van der Waals surface area contributed by atoms with Crippen LogP contribution in [-0.2, 0) is 21.7 Å². The summed E-state index contributed by atoms with van der Waals surface area (Å²) in [7, 11) is 0. The van der Waals surface area contributed by atoms with Crippen molar-refractivity contribution in [3.8, 4) is 0 Å². The Labute approximate surface area is 121 Å². The third-order valence-electron chi connectivity index (χ3n) is 3.23. The van der Waals surface area contributed by atoms with Crippen molar-refractivity contribution in [1.29, 1.82) is 0 Å². The highest BCUT2D eigenvalue weighted by Gasteiger charge is 2.35. The lowest BCUT2D eigenvalue weighted by Gasteiger charge is -2.26. The van der Waals surface area contributed by atoms with E-state index in [1.165, 1.54) is 17.1 Å². The molecule has 0 saturated heterocycles. The quantitative estimate of drug-likeness (QED) is 0.349. The molecule has 21 heavy (non-hydrogen) atoms. The van der Waals surface area contributed by atoms with E-state index in [0.717, 1.165) is 0 Å². The SMILES string of the molecule is NCCCC[C@](N)(C(=O)O)n1cnc(C[C@H](N)C(=O)O)c1. The molecule has 0 radical (unpaired) electrons. The van der Waals surface area contributed by atoms with Crippen molar-refractivity contribution in [2.45, 2.75) is 37.4 Å². The summed E-state index contributed by atoms with van der Waals surface area (Å²) in [6, 6.07) is -1.09. The van der Waals surface area contributed by atoms with Crippen molar-refractivity contribution in [3.63, 3.8) is 0 Å². The molecule has 0 aliphatic carbocycles. The highest BCUT2D eigenvalue weighted by atomic mass is 16.4. The number of rotatable bonds is 9. The molecule has 0 aliphatic heterocycles. The van der Waals surface area contributed by atoms with Crippen molar-refractivity contribution in [3.05, 3.63) is 18.2 Å². The average molecular weight is 299 g/mol. The molecule has 0 aromatic carbocycles. The van der Waals surface area contributed by atoms with Gasteiger partial charge in [0.1, 0.15) is 6.04 Å². The van der Waals surface area contributed by atoms with Crippen molar-refractivity contribution in [2.24, 2.45) is 17.2 Å². The summed E-state index contributed by atoms with van der Waals surface area (Å²) in [5, 5.41) is 18.1. The highest BCUT2D eigenvalue weighted by Crippen LogP contribution is 2.19. The van der Waals surface area contributed by atoms with Crippen molar-refractivity contribution < 1.29 is 19.8 Å². The number of nitrogens with zero attached hydrogens (tertiary/aromatic N) is 2. The first-order valence-electron chi connectivity index (χ1n) is 6.55. The van der Waals surface area contributed by atoms with Crippen LogP contribution in [-0.4, -0.2) is 44.3 Å². The van der Waals surface area contributed by atoms with E-state index in [-0.39, 0.29) is 12.8 Å². The minimum absolute atomic E-state index is 0.000826. The molecule has 118 valence electrons. The van der Waals surface area contributed by atoms with Gasteiger partial charge in [-0.25, -0.2) is 9.78 Å². The maximum absolute atomic E-state index is 11.4. The molecule has 0 aliphatic rings. The molecule has 1 heterocycles. The number of nitrogens with two attached hydrogens (primary N) is 3. The zero-order valence-electron chi connectivity index (χ0n) is 11.6. The highest BCUT2D eigenvalue weighted by molar-refractivity contribution is 5.76. The van der Waals surface area contributed by atoms with Crippen LogP contribution in [0.25, 0.3) is 0 Å². The molecule has 1 aromatic heterocycles. The summed E-state index contributed by atoms with van der Waals surface area (Å²) < 4.78 is 1.27. The molecule has 0 unspecified atom stereocenters. The Morgan fingerprint density at radius 2 is 2.05 bits per heavy atom. The molecular formula is C12H21N5O4. The van der Waals surface area contributed by atoms with E-state index < -0.39 is 23.6 Å². The fourth-order valence-electron chi connectivity index (χ4n) is 1.89. The first kappa shape index (κ1) is 17.1. The van der Waals surface area contributed by atoms with Gasteiger partial charge < -0.3 is 26.2 Å². The number of carboxylic acids is 2. The van der Waals surface area contributed by atoms with E-state index in [2.05, 4.69) is 4.98 Å². The molecular weight excluding hydrogens is 278 g/mol. The number of unbranched alkanes of at least 4 members (excludes halogenated alkanes) is 1. The lowest BCUT2D eigenvalue weighted by molar-refractivity contribution is -0.148. The number of hydrogen-bond donors (Lipinski definition) is 5. The first-order chi connectivity index (χ1) is 9.81. The second-order valence-corrected chi connectivity index (χ2v) is 4.90. The summed E-state index contributed by atoms with van der Waals surface area (Å²) in [5.41, 5.74) is 15.5. The number of hydrogen-bond acceptors (Lipinski definition) is 6. The Morgan fingerprint density at radius 1 is 1.38 bits per heavy atom. The zero-order chi connectivity index (χ0) is 16.0. The molecule has 0 amide bonds. The van der Waals surface area contributed by atoms with Crippen LogP contribution in [0.2, 0.25) is 0 Å². The topological polar surface area (TPSA) is 170 Å². The Hall–Kier alpha value is -1.97. The van der Waals surface area contributed by atoms with Crippen LogP contribution in [0.5, 0.6) is 0 Å². The van der Waals surface area contributed by atoms with Gasteiger partial charge >= 0.3 is 11.9 Å². The second-order valence-electron chi connectivity index (χ2n) is 4.90. The number of aromatic nitrogens is 2. The average Bonchev–Trinajstić information content (AvgIpc) is 2.87. The minimum atomic E-state index is -1.63. The minimum Gasteiger partial charge on any atom is -0.480 e. The van der Waals surface area contributed by atoms with Gasteiger partial charge in [-0.1, -0.05) is 0 Å². The predicted octanol–water partition coefficient (Wildman–Crippen LogP) is -1.34. The molecule has 1 aromatic rings. The summed E-state index contributed by atoms with van der Waals surface area (Å²) in [6.07, 6.45) is 4.11. The molecule has 0 spiro atoms. The summed E-state index contributed by atoms with van der Waals surface area (Å²) >= 11 is 0. The molecule has 8 N–H and O–H groups in total. The summed E-state index contributed by atoms with van der Waals surface area (Å²) in [4.78, 5) is 26.1. The van der Waals surface area contributed by atoms with Crippen LogP contribution in [0.3, 0.4) is 0 Å². The van der Waals surface area contributed by atoms with E-state index in [9.17, 15) is 14.7 Å². The van der Waals surface area contributed by atoms with Gasteiger partial charge in [0, 0.05) is 12.6 Å². The lowest BCUT2D eigenvalue weighted by atomic mass is 10.0. The normalized spacial score (nSPS) is 15.4.